The smallest absolute Gasteiger partial charge is 0.258 e. The minimum Gasteiger partial charge on any atom is -0.493 e. The second-order valence-corrected chi connectivity index (χ2v) is 7.32. The van der Waals surface area contributed by atoms with Gasteiger partial charge in [-0.3, -0.25) is 4.79 Å². The molecule has 7 nitrogen and oxygen atoms in total. The van der Waals surface area contributed by atoms with Crippen molar-refractivity contribution in [3.63, 3.8) is 0 Å². The summed E-state index contributed by atoms with van der Waals surface area (Å²) in [6.07, 6.45) is 0. The molecular weight excluding hydrogens is 376 g/mol. The number of aliphatic imine (C=N–C) groups is 1. The van der Waals surface area contributed by atoms with Crippen LogP contribution in [0.1, 0.15) is 17.0 Å². The lowest BCUT2D eigenvalue weighted by Gasteiger charge is -2.09. The van der Waals surface area contributed by atoms with Gasteiger partial charge >= 0.3 is 0 Å². The fourth-order valence-corrected chi connectivity index (χ4v) is 3.49. The predicted octanol–water partition coefficient (Wildman–Crippen LogP) is 3.44. The summed E-state index contributed by atoms with van der Waals surface area (Å²) < 4.78 is 10.5. The van der Waals surface area contributed by atoms with Crippen molar-refractivity contribution in [3.8, 4) is 11.5 Å². The lowest BCUT2D eigenvalue weighted by Crippen LogP contribution is -2.13. The van der Waals surface area contributed by atoms with Crippen LogP contribution in [0.25, 0.3) is 10.9 Å². The van der Waals surface area contributed by atoms with E-state index in [4.69, 9.17) is 15.2 Å². The van der Waals surface area contributed by atoms with Gasteiger partial charge in [0.15, 0.2) is 16.7 Å². The summed E-state index contributed by atoms with van der Waals surface area (Å²) in [6.45, 7) is 4.03. The molecule has 0 aliphatic heterocycles. The Morgan fingerprint density at radius 3 is 2.39 bits per heavy atom. The Morgan fingerprint density at radius 1 is 1.11 bits per heavy atom. The molecule has 146 valence electrons. The number of fused-ring (bicyclic) bond motifs is 1. The van der Waals surface area contributed by atoms with Gasteiger partial charge in [0.2, 0.25) is 0 Å². The minimum atomic E-state index is -0.244. The fourth-order valence-electron chi connectivity index (χ4n) is 2.90. The number of nitrogens with one attached hydrogen (secondary N) is 1. The highest BCUT2D eigenvalue weighted by molar-refractivity contribution is 8.13. The molecule has 0 aliphatic rings. The SMILES string of the molecule is COc1cc2nc(CSC(N)=Nc3cc(C)cc(C)c3)[nH]c(=O)c2cc1OC. The van der Waals surface area contributed by atoms with E-state index in [1.54, 1.807) is 12.1 Å². The maximum absolute atomic E-state index is 12.4. The van der Waals surface area contributed by atoms with Gasteiger partial charge < -0.3 is 20.2 Å². The van der Waals surface area contributed by atoms with Crippen molar-refractivity contribution in [3.05, 3.63) is 57.6 Å². The highest BCUT2D eigenvalue weighted by atomic mass is 32.2. The number of aryl methyl sites for hydroxylation is 2. The molecule has 1 aromatic heterocycles. The normalized spacial score (nSPS) is 11.6. The van der Waals surface area contributed by atoms with Crippen LogP contribution < -0.4 is 20.8 Å². The van der Waals surface area contributed by atoms with Crippen molar-refractivity contribution in [2.24, 2.45) is 10.7 Å². The van der Waals surface area contributed by atoms with E-state index < -0.39 is 0 Å². The van der Waals surface area contributed by atoms with Crippen LogP contribution in [0.5, 0.6) is 11.5 Å². The Balaban J connectivity index is 1.84. The summed E-state index contributed by atoms with van der Waals surface area (Å²) in [7, 11) is 3.06. The van der Waals surface area contributed by atoms with Gasteiger partial charge in [0.1, 0.15) is 5.82 Å². The Bertz CT molecular complexity index is 1090. The first kappa shape index (κ1) is 19.8. The van der Waals surface area contributed by atoms with E-state index in [1.807, 2.05) is 26.0 Å². The van der Waals surface area contributed by atoms with Crippen molar-refractivity contribution < 1.29 is 9.47 Å². The first-order valence-electron chi connectivity index (χ1n) is 8.60. The van der Waals surface area contributed by atoms with Crippen molar-refractivity contribution in [1.29, 1.82) is 0 Å². The second kappa shape index (κ2) is 8.35. The Hall–Kier alpha value is -3.00. The number of hydrogen-bond donors (Lipinski definition) is 2. The number of amidine groups is 1. The van der Waals surface area contributed by atoms with E-state index in [0.717, 1.165) is 16.8 Å². The Kier molecular flexibility index (Phi) is 5.89. The van der Waals surface area contributed by atoms with Crippen molar-refractivity contribution in [1.82, 2.24) is 9.97 Å². The number of benzene rings is 2. The molecule has 3 aromatic rings. The Morgan fingerprint density at radius 2 is 1.75 bits per heavy atom. The van der Waals surface area contributed by atoms with Crippen LogP contribution in [0.4, 0.5) is 5.69 Å². The van der Waals surface area contributed by atoms with Gasteiger partial charge in [0.05, 0.1) is 36.6 Å². The fraction of sp³-hybridized carbons (Fsp3) is 0.250. The molecular formula is C20H22N4O3S. The Labute approximate surface area is 167 Å². The largest absolute Gasteiger partial charge is 0.493 e. The van der Waals surface area contributed by atoms with Crippen LogP contribution in [0.2, 0.25) is 0 Å². The zero-order valence-electron chi connectivity index (χ0n) is 16.2. The van der Waals surface area contributed by atoms with Gasteiger partial charge in [-0.25, -0.2) is 9.98 Å². The van der Waals surface area contributed by atoms with Gasteiger partial charge in [-0.05, 0) is 43.2 Å². The number of thioether (sulfide) groups is 1. The maximum Gasteiger partial charge on any atom is 0.258 e. The molecule has 0 radical (unpaired) electrons. The average molecular weight is 398 g/mol. The molecule has 0 spiro atoms. The van der Waals surface area contributed by atoms with Gasteiger partial charge in [-0.1, -0.05) is 17.8 Å². The second-order valence-electron chi connectivity index (χ2n) is 6.32. The summed E-state index contributed by atoms with van der Waals surface area (Å²) in [4.78, 5) is 24.1. The van der Waals surface area contributed by atoms with E-state index in [0.29, 0.717) is 39.1 Å². The molecule has 3 N–H and O–H groups in total. The summed E-state index contributed by atoms with van der Waals surface area (Å²) in [5.74, 6) is 1.89. The molecule has 2 aromatic carbocycles. The third-order valence-electron chi connectivity index (χ3n) is 4.06. The number of aromatic nitrogens is 2. The third kappa shape index (κ3) is 4.45. The van der Waals surface area contributed by atoms with Gasteiger partial charge in [-0.2, -0.15) is 0 Å². The van der Waals surface area contributed by atoms with E-state index in [2.05, 4.69) is 21.0 Å². The molecule has 0 fully saturated rings. The zero-order valence-corrected chi connectivity index (χ0v) is 17.0. The zero-order chi connectivity index (χ0) is 20.3. The number of nitrogens with two attached hydrogens (primary N) is 1. The highest BCUT2D eigenvalue weighted by Crippen LogP contribution is 2.30. The van der Waals surface area contributed by atoms with E-state index >= 15 is 0 Å². The summed E-state index contributed by atoms with van der Waals surface area (Å²) in [5.41, 5.74) is 9.39. The molecule has 0 aliphatic carbocycles. The molecule has 1 heterocycles. The number of aromatic amines is 1. The lowest BCUT2D eigenvalue weighted by atomic mass is 10.1. The predicted molar refractivity (Wildman–Crippen MR) is 114 cm³/mol. The van der Waals surface area contributed by atoms with E-state index in [1.165, 1.54) is 26.0 Å². The van der Waals surface area contributed by atoms with Gasteiger partial charge in [0, 0.05) is 6.07 Å². The third-order valence-corrected chi connectivity index (χ3v) is 4.87. The summed E-state index contributed by atoms with van der Waals surface area (Å²) in [6, 6.07) is 9.32. The summed E-state index contributed by atoms with van der Waals surface area (Å²) in [5, 5.41) is 0.836. The monoisotopic (exact) mass is 398 g/mol. The van der Waals surface area contributed by atoms with Gasteiger partial charge in [0.25, 0.3) is 5.56 Å². The van der Waals surface area contributed by atoms with Crippen LogP contribution in [-0.4, -0.2) is 29.4 Å². The molecule has 3 rings (SSSR count). The standard InChI is InChI=1S/C20H22N4O3S/c1-11-5-12(2)7-13(6-11)22-20(21)28-10-18-23-15-9-17(27-4)16(26-3)8-14(15)19(25)24-18/h5-9H,10H2,1-4H3,(H2,21,22)(H,23,24,25). The van der Waals surface area contributed by atoms with Crippen LogP contribution >= 0.6 is 11.8 Å². The van der Waals surface area contributed by atoms with Crippen LogP contribution in [0.3, 0.4) is 0 Å². The quantitative estimate of drug-likeness (QED) is 0.504. The summed E-state index contributed by atoms with van der Waals surface area (Å²) >= 11 is 1.31. The van der Waals surface area contributed by atoms with E-state index in [-0.39, 0.29) is 5.56 Å². The molecule has 0 bridgehead atoms. The number of nitrogens with zero attached hydrogens (tertiary/aromatic N) is 2. The first-order chi connectivity index (χ1) is 13.4. The molecule has 0 saturated carbocycles. The highest BCUT2D eigenvalue weighted by Gasteiger charge is 2.11. The first-order valence-corrected chi connectivity index (χ1v) is 9.58. The maximum atomic E-state index is 12.4. The molecule has 8 heteroatoms. The lowest BCUT2D eigenvalue weighted by molar-refractivity contribution is 0.355. The van der Waals surface area contributed by atoms with Crippen LogP contribution in [0, 0.1) is 13.8 Å². The molecule has 0 saturated heterocycles. The average Bonchev–Trinajstić information content (AvgIpc) is 2.64. The van der Waals surface area contributed by atoms with E-state index in [9.17, 15) is 4.79 Å². The van der Waals surface area contributed by atoms with Crippen LogP contribution in [0.15, 0.2) is 40.1 Å². The van der Waals surface area contributed by atoms with Gasteiger partial charge in [-0.15, -0.1) is 0 Å². The number of ether oxygens (including phenoxy) is 2. The van der Waals surface area contributed by atoms with Crippen LogP contribution in [-0.2, 0) is 5.75 Å². The minimum absolute atomic E-state index is 0.244. The van der Waals surface area contributed by atoms with Crippen molar-refractivity contribution in [2.45, 2.75) is 19.6 Å². The number of rotatable bonds is 5. The number of methoxy groups -OCH3 is 2. The molecule has 0 atom stereocenters. The number of hydrogen-bond acceptors (Lipinski definition) is 6. The number of H-pyrrole nitrogens is 1. The topological polar surface area (TPSA) is 103 Å². The molecule has 0 amide bonds. The molecule has 0 unspecified atom stereocenters. The molecule has 28 heavy (non-hydrogen) atoms. The van der Waals surface area contributed by atoms with Crippen molar-refractivity contribution >= 4 is 33.5 Å². The van der Waals surface area contributed by atoms with Crippen molar-refractivity contribution in [2.75, 3.05) is 14.2 Å².